The van der Waals surface area contributed by atoms with Gasteiger partial charge in [0.25, 0.3) is 0 Å². The van der Waals surface area contributed by atoms with Crippen molar-refractivity contribution in [3.63, 3.8) is 0 Å². The van der Waals surface area contributed by atoms with Crippen molar-refractivity contribution in [2.24, 2.45) is 5.92 Å². The minimum Gasteiger partial charge on any atom is -0.355 e. The van der Waals surface area contributed by atoms with Crippen LogP contribution in [0.5, 0.6) is 0 Å². The Balaban J connectivity index is 0.00000176. The number of benzene rings is 1. The fraction of sp³-hybridized carbons (Fsp3) is 0.467. The maximum Gasteiger partial charge on any atom is 0.230 e. The Labute approximate surface area is 144 Å². The Hall–Kier alpha value is -0.820. The largest absolute Gasteiger partial charge is 0.355 e. The van der Waals surface area contributed by atoms with Crippen molar-refractivity contribution in [1.29, 1.82) is 0 Å². The smallest absolute Gasteiger partial charge is 0.230 e. The number of aromatic nitrogens is 1. The van der Waals surface area contributed by atoms with Gasteiger partial charge in [-0.3, -0.25) is 4.79 Å². The lowest BCUT2D eigenvalue weighted by Crippen LogP contribution is -2.27. The van der Waals surface area contributed by atoms with Crippen LogP contribution < -0.4 is 10.6 Å². The van der Waals surface area contributed by atoms with Crippen molar-refractivity contribution in [3.05, 3.63) is 24.3 Å². The zero-order valence-electron chi connectivity index (χ0n) is 12.2. The predicted octanol–water partition coefficient (Wildman–Crippen LogP) is 2.93. The number of halogens is 1. The molecule has 0 bridgehead atoms. The van der Waals surface area contributed by atoms with Crippen molar-refractivity contribution >= 4 is 51.6 Å². The van der Waals surface area contributed by atoms with Crippen LogP contribution in [0, 0.1) is 5.92 Å². The highest BCUT2D eigenvalue weighted by molar-refractivity contribution is 8.01. The lowest BCUT2D eigenvalue weighted by molar-refractivity contribution is -0.118. The second-order valence-corrected chi connectivity index (χ2v) is 7.49. The molecule has 7 heteroatoms. The molecule has 1 aromatic carbocycles. The summed E-state index contributed by atoms with van der Waals surface area (Å²) in [5.41, 5.74) is 1.01. The molecule has 2 heterocycles. The quantitative estimate of drug-likeness (QED) is 0.780. The van der Waals surface area contributed by atoms with Crippen LogP contribution in [0.1, 0.15) is 12.8 Å². The number of hydrogen-bond acceptors (Lipinski definition) is 5. The number of nitrogens with zero attached hydrogens (tertiary/aromatic N) is 1. The maximum absolute atomic E-state index is 11.8. The molecule has 1 aliphatic heterocycles. The van der Waals surface area contributed by atoms with Gasteiger partial charge in [0, 0.05) is 6.54 Å². The second kappa shape index (κ2) is 8.72. The zero-order chi connectivity index (χ0) is 14.5. The van der Waals surface area contributed by atoms with Gasteiger partial charge in [-0.2, -0.15) is 0 Å². The molecule has 0 aliphatic carbocycles. The lowest BCUT2D eigenvalue weighted by Gasteiger charge is -2.08. The summed E-state index contributed by atoms with van der Waals surface area (Å²) in [5, 5.41) is 6.35. The molecule has 1 aromatic heterocycles. The SMILES string of the molecule is Cl.O=C(CSc1nc2ccccc2s1)NCCC1CCNC1. The van der Waals surface area contributed by atoms with E-state index < -0.39 is 0 Å². The van der Waals surface area contributed by atoms with E-state index in [1.165, 1.54) is 22.9 Å². The van der Waals surface area contributed by atoms with E-state index in [4.69, 9.17) is 0 Å². The Morgan fingerprint density at radius 1 is 1.45 bits per heavy atom. The van der Waals surface area contributed by atoms with Gasteiger partial charge in [-0.15, -0.1) is 23.7 Å². The standard InChI is InChI=1S/C15H19N3OS2.ClH/c19-14(17-8-6-11-5-7-16-9-11)10-20-15-18-12-3-1-2-4-13(12)21-15;/h1-4,11,16H,5-10H2,(H,17,19);1H. The molecule has 1 fully saturated rings. The summed E-state index contributed by atoms with van der Waals surface area (Å²) >= 11 is 3.17. The van der Waals surface area contributed by atoms with E-state index in [1.54, 1.807) is 11.3 Å². The predicted molar refractivity (Wildman–Crippen MR) is 96.2 cm³/mol. The highest BCUT2D eigenvalue weighted by Gasteiger charge is 2.14. The number of carbonyl (C=O) groups excluding carboxylic acids is 1. The zero-order valence-corrected chi connectivity index (χ0v) is 14.7. The summed E-state index contributed by atoms with van der Waals surface area (Å²) < 4.78 is 2.14. The number of para-hydroxylation sites is 1. The minimum atomic E-state index is 0. The topological polar surface area (TPSA) is 54.0 Å². The second-order valence-electron chi connectivity index (χ2n) is 5.23. The van der Waals surface area contributed by atoms with Gasteiger partial charge in [-0.1, -0.05) is 23.9 Å². The molecule has 1 aliphatic rings. The third kappa shape index (κ3) is 4.84. The van der Waals surface area contributed by atoms with Gasteiger partial charge >= 0.3 is 0 Å². The Morgan fingerprint density at radius 3 is 3.09 bits per heavy atom. The molecule has 1 amide bonds. The van der Waals surface area contributed by atoms with Gasteiger partial charge in [0.05, 0.1) is 16.0 Å². The molecule has 22 heavy (non-hydrogen) atoms. The van der Waals surface area contributed by atoms with Crippen LogP contribution in [0.3, 0.4) is 0 Å². The Morgan fingerprint density at radius 2 is 2.32 bits per heavy atom. The molecule has 1 unspecified atom stereocenters. The van der Waals surface area contributed by atoms with Crippen LogP contribution in [-0.4, -0.2) is 36.3 Å². The average Bonchev–Trinajstić information content (AvgIpc) is 3.13. The van der Waals surface area contributed by atoms with Crippen LogP contribution in [0.15, 0.2) is 28.6 Å². The van der Waals surface area contributed by atoms with Gasteiger partial charge < -0.3 is 10.6 Å². The van der Waals surface area contributed by atoms with Crippen molar-refractivity contribution in [2.45, 2.75) is 17.2 Å². The fourth-order valence-corrected chi connectivity index (χ4v) is 4.37. The van der Waals surface area contributed by atoms with E-state index in [1.807, 2.05) is 18.2 Å². The van der Waals surface area contributed by atoms with Crippen molar-refractivity contribution in [2.75, 3.05) is 25.4 Å². The van der Waals surface area contributed by atoms with Gasteiger partial charge in [0.2, 0.25) is 5.91 Å². The Kier molecular flexibility index (Phi) is 6.95. The molecule has 120 valence electrons. The summed E-state index contributed by atoms with van der Waals surface area (Å²) in [6.45, 7) is 2.99. The summed E-state index contributed by atoms with van der Waals surface area (Å²) in [6.07, 6.45) is 2.31. The lowest BCUT2D eigenvalue weighted by atomic mass is 10.1. The highest BCUT2D eigenvalue weighted by Crippen LogP contribution is 2.28. The van der Waals surface area contributed by atoms with E-state index >= 15 is 0 Å². The molecule has 1 saturated heterocycles. The highest BCUT2D eigenvalue weighted by atomic mass is 35.5. The van der Waals surface area contributed by atoms with E-state index in [-0.39, 0.29) is 18.3 Å². The van der Waals surface area contributed by atoms with E-state index in [9.17, 15) is 4.79 Å². The summed E-state index contributed by atoms with van der Waals surface area (Å²) in [7, 11) is 0. The molecule has 2 N–H and O–H groups in total. The fourth-order valence-electron chi connectivity index (χ4n) is 2.47. The number of fused-ring (bicyclic) bond motifs is 1. The van der Waals surface area contributed by atoms with Crippen molar-refractivity contribution in [1.82, 2.24) is 15.6 Å². The number of thiazole rings is 1. The monoisotopic (exact) mass is 357 g/mol. The number of thioether (sulfide) groups is 1. The molecule has 0 spiro atoms. The maximum atomic E-state index is 11.8. The van der Waals surface area contributed by atoms with E-state index in [0.29, 0.717) is 5.75 Å². The molecular weight excluding hydrogens is 338 g/mol. The van der Waals surface area contributed by atoms with Gasteiger partial charge in [-0.25, -0.2) is 4.98 Å². The van der Waals surface area contributed by atoms with Crippen LogP contribution in [0.2, 0.25) is 0 Å². The molecule has 2 aromatic rings. The van der Waals surface area contributed by atoms with E-state index in [2.05, 4.69) is 21.7 Å². The summed E-state index contributed by atoms with van der Waals surface area (Å²) in [4.78, 5) is 16.4. The Bertz CT molecular complexity index is 581. The van der Waals surface area contributed by atoms with Gasteiger partial charge in [0.15, 0.2) is 4.34 Å². The number of amides is 1. The van der Waals surface area contributed by atoms with Crippen LogP contribution >= 0.6 is 35.5 Å². The molecule has 4 nitrogen and oxygen atoms in total. The van der Waals surface area contributed by atoms with Crippen molar-refractivity contribution in [3.8, 4) is 0 Å². The molecule has 0 saturated carbocycles. The third-order valence-corrected chi connectivity index (χ3v) is 5.82. The first kappa shape index (κ1) is 17.5. The summed E-state index contributed by atoms with van der Waals surface area (Å²) in [5.74, 6) is 1.27. The molecule has 1 atom stereocenters. The van der Waals surface area contributed by atoms with Crippen LogP contribution in [0.25, 0.3) is 10.2 Å². The molecular formula is C15H20ClN3OS2. The van der Waals surface area contributed by atoms with E-state index in [0.717, 1.165) is 41.8 Å². The molecule has 0 radical (unpaired) electrons. The third-order valence-electron chi connectivity index (χ3n) is 3.64. The van der Waals surface area contributed by atoms with Crippen LogP contribution in [-0.2, 0) is 4.79 Å². The first-order chi connectivity index (χ1) is 10.3. The van der Waals surface area contributed by atoms with Crippen LogP contribution in [0.4, 0.5) is 0 Å². The first-order valence-corrected chi connectivity index (χ1v) is 9.07. The molecule has 3 rings (SSSR count). The number of carbonyl (C=O) groups is 1. The number of hydrogen-bond donors (Lipinski definition) is 2. The van der Waals surface area contributed by atoms with Gasteiger partial charge in [-0.05, 0) is 44.0 Å². The normalized spacial score (nSPS) is 17.4. The minimum absolute atomic E-state index is 0. The summed E-state index contributed by atoms with van der Waals surface area (Å²) in [6, 6.07) is 8.07. The first-order valence-electron chi connectivity index (χ1n) is 7.27. The van der Waals surface area contributed by atoms with Crippen molar-refractivity contribution < 1.29 is 4.79 Å². The average molecular weight is 358 g/mol. The van der Waals surface area contributed by atoms with Gasteiger partial charge in [0.1, 0.15) is 0 Å². The number of rotatable bonds is 6. The number of nitrogens with one attached hydrogen (secondary N) is 2.